The number of piperidine rings is 1. The minimum absolute atomic E-state index is 0.111. The molecule has 1 fully saturated rings. The molecule has 0 radical (unpaired) electrons. The maximum absolute atomic E-state index is 11.5. The molecule has 14 heavy (non-hydrogen) atoms. The summed E-state index contributed by atoms with van der Waals surface area (Å²) >= 11 is 0. The van der Waals surface area contributed by atoms with E-state index in [0.29, 0.717) is 13.0 Å². The van der Waals surface area contributed by atoms with Crippen LogP contribution in [0.4, 0.5) is 0 Å². The first-order chi connectivity index (χ1) is 6.29. The molecule has 1 saturated heterocycles. The molecule has 4 nitrogen and oxygen atoms in total. The van der Waals surface area contributed by atoms with E-state index in [1.54, 1.807) is 6.92 Å². The van der Waals surface area contributed by atoms with E-state index in [1.165, 1.54) is 4.31 Å². The van der Waals surface area contributed by atoms with Gasteiger partial charge < -0.3 is 5.11 Å². The predicted octanol–water partition coefficient (Wildman–Crippen LogP) is 0.429. The van der Waals surface area contributed by atoms with Gasteiger partial charge in [-0.05, 0) is 18.8 Å². The van der Waals surface area contributed by atoms with Crippen molar-refractivity contribution in [2.45, 2.75) is 33.3 Å². The average molecular weight is 221 g/mol. The number of nitrogens with zero attached hydrogens (tertiary/aromatic N) is 1. The molecule has 0 amide bonds. The highest BCUT2D eigenvalue weighted by atomic mass is 32.2. The normalized spacial score (nSPS) is 29.0. The molecule has 1 unspecified atom stereocenters. The van der Waals surface area contributed by atoms with Crippen LogP contribution in [0.3, 0.4) is 0 Å². The van der Waals surface area contributed by atoms with Gasteiger partial charge in [-0.25, -0.2) is 8.42 Å². The molecule has 84 valence electrons. The van der Waals surface area contributed by atoms with Crippen molar-refractivity contribution in [1.82, 2.24) is 4.31 Å². The van der Waals surface area contributed by atoms with Crippen molar-refractivity contribution in [3.05, 3.63) is 0 Å². The van der Waals surface area contributed by atoms with Gasteiger partial charge >= 0.3 is 0 Å². The van der Waals surface area contributed by atoms with Crippen LogP contribution < -0.4 is 0 Å². The highest BCUT2D eigenvalue weighted by Gasteiger charge is 2.37. The summed E-state index contributed by atoms with van der Waals surface area (Å²) in [5.41, 5.74) is -0.167. The van der Waals surface area contributed by atoms with Gasteiger partial charge in [-0.1, -0.05) is 13.8 Å². The SMILES string of the molecule is CCS(=O)(=O)N1CCC(C)(C)C(O)C1. The first-order valence-electron chi connectivity index (χ1n) is 4.95. The summed E-state index contributed by atoms with van der Waals surface area (Å²) in [6, 6.07) is 0. The lowest BCUT2D eigenvalue weighted by molar-refractivity contribution is -0.000653. The van der Waals surface area contributed by atoms with Crippen LogP contribution in [0.2, 0.25) is 0 Å². The fourth-order valence-corrected chi connectivity index (χ4v) is 2.65. The second-order valence-electron chi connectivity index (χ2n) is 4.51. The van der Waals surface area contributed by atoms with Gasteiger partial charge in [0.2, 0.25) is 10.0 Å². The molecule has 1 atom stereocenters. The van der Waals surface area contributed by atoms with Gasteiger partial charge in [0.05, 0.1) is 11.9 Å². The predicted molar refractivity (Wildman–Crippen MR) is 55.4 cm³/mol. The molecule has 1 aliphatic heterocycles. The molecule has 0 aromatic carbocycles. The molecule has 0 aromatic heterocycles. The van der Waals surface area contributed by atoms with E-state index in [-0.39, 0.29) is 17.7 Å². The maximum atomic E-state index is 11.5. The van der Waals surface area contributed by atoms with E-state index in [4.69, 9.17) is 0 Å². The molecule has 0 bridgehead atoms. The van der Waals surface area contributed by atoms with Crippen LogP contribution in [0.25, 0.3) is 0 Å². The van der Waals surface area contributed by atoms with Crippen LogP contribution in [0, 0.1) is 5.41 Å². The zero-order valence-corrected chi connectivity index (χ0v) is 9.84. The van der Waals surface area contributed by atoms with Gasteiger partial charge in [-0.2, -0.15) is 4.31 Å². The molecular formula is C9H19NO3S. The maximum Gasteiger partial charge on any atom is 0.213 e. The van der Waals surface area contributed by atoms with Crippen LogP contribution >= 0.6 is 0 Å². The van der Waals surface area contributed by atoms with Crippen LogP contribution in [-0.2, 0) is 10.0 Å². The Morgan fingerprint density at radius 3 is 2.50 bits per heavy atom. The van der Waals surface area contributed by atoms with E-state index < -0.39 is 16.1 Å². The fourth-order valence-electron chi connectivity index (χ4n) is 1.55. The standard InChI is InChI=1S/C9H19NO3S/c1-4-14(12,13)10-6-5-9(2,3)8(11)7-10/h8,11H,4-7H2,1-3H3. The van der Waals surface area contributed by atoms with Crippen LogP contribution in [0.1, 0.15) is 27.2 Å². The Morgan fingerprint density at radius 1 is 1.50 bits per heavy atom. The molecule has 5 heteroatoms. The second-order valence-corrected chi connectivity index (χ2v) is 6.77. The number of β-amino-alcohol motifs (C(OH)–C–C–N with tert-alkyl or cyclic N) is 1. The van der Waals surface area contributed by atoms with Crippen molar-refractivity contribution < 1.29 is 13.5 Å². The third-order valence-corrected chi connectivity index (χ3v) is 4.89. The summed E-state index contributed by atoms with van der Waals surface area (Å²) in [6.07, 6.45) is 0.158. The molecule has 0 spiro atoms. The molecule has 1 heterocycles. The largest absolute Gasteiger partial charge is 0.391 e. The number of aliphatic hydroxyl groups is 1. The van der Waals surface area contributed by atoms with Gasteiger partial charge in [-0.15, -0.1) is 0 Å². The van der Waals surface area contributed by atoms with Crippen LogP contribution in [0.15, 0.2) is 0 Å². The van der Waals surface area contributed by atoms with E-state index >= 15 is 0 Å². The van der Waals surface area contributed by atoms with E-state index in [0.717, 1.165) is 0 Å². The molecule has 0 aromatic rings. The number of hydrogen-bond donors (Lipinski definition) is 1. The zero-order chi connectivity index (χ0) is 11.0. The van der Waals surface area contributed by atoms with Crippen molar-refractivity contribution in [2.24, 2.45) is 5.41 Å². The molecule has 0 saturated carbocycles. The Balaban J connectivity index is 2.74. The Morgan fingerprint density at radius 2 is 2.07 bits per heavy atom. The van der Waals surface area contributed by atoms with E-state index in [1.807, 2.05) is 13.8 Å². The van der Waals surface area contributed by atoms with Crippen LogP contribution in [0.5, 0.6) is 0 Å². The van der Waals surface area contributed by atoms with E-state index in [9.17, 15) is 13.5 Å². The highest BCUT2D eigenvalue weighted by Crippen LogP contribution is 2.31. The summed E-state index contributed by atoms with van der Waals surface area (Å²) in [5.74, 6) is 0.111. The third kappa shape index (κ3) is 2.27. The molecule has 1 N–H and O–H groups in total. The summed E-state index contributed by atoms with van der Waals surface area (Å²) in [5, 5.41) is 9.76. The topological polar surface area (TPSA) is 57.6 Å². The van der Waals surface area contributed by atoms with Gasteiger partial charge in [0.15, 0.2) is 0 Å². The molecule has 1 rings (SSSR count). The van der Waals surface area contributed by atoms with Crippen molar-refractivity contribution >= 4 is 10.0 Å². The van der Waals surface area contributed by atoms with Gasteiger partial charge in [-0.3, -0.25) is 0 Å². The first-order valence-corrected chi connectivity index (χ1v) is 6.56. The third-order valence-electron chi connectivity index (χ3n) is 3.04. The van der Waals surface area contributed by atoms with E-state index in [2.05, 4.69) is 0 Å². The summed E-state index contributed by atoms with van der Waals surface area (Å²) < 4.78 is 24.4. The van der Waals surface area contributed by atoms with Crippen molar-refractivity contribution in [2.75, 3.05) is 18.8 Å². The summed E-state index contributed by atoms with van der Waals surface area (Å²) in [7, 11) is -3.13. The monoisotopic (exact) mass is 221 g/mol. The molecule has 0 aliphatic carbocycles. The lowest BCUT2D eigenvalue weighted by Gasteiger charge is -2.40. The zero-order valence-electron chi connectivity index (χ0n) is 9.02. The van der Waals surface area contributed by atoms with Crippen molar-refractivity contribution in [1.29, 1.82) is 0 Å². The number of sulfonamides is 1. The minimum Gasteiger partial charge on any atom is -0.391 e. The van der Waals surface area contributed by atoms with Crippen molar-refractivity contribution in [3.8, 4) is 0 Å². The first kappa shape index (κ1) is 11.9. The van der Waals surface area contributed by atoms with Crippen LogP contribution in [-0.4, -0.2) is 42.8 Å². The summed E-state index contributed by atoms with van der Waals surface area (Å²) in [4.78, 5) is 0. The fraction of sp³-hybridized carbons (Fsp3) is 1.00. The lowest BCUT2D eigenvalue weighted by Crippen LogP contribution is -2.50. The Hall–Kier alpha value is -0.130. The quantitative estimate of drug-likeness (QED) is 0.735. The highest BCUT2D eigenvalue weighted by molar-refractivity contribution is 7.89. The Kier molecular flexibility index (Phi) is 3.23. The number of hydrogen-bond acceptors (Lipinski definition) is 3. The molecular weight excluding hydrogens is 202 g/mol. The average Bonchev–Trinajstić information content (AvgIpc) is 2.09. The van der Waals surface area contributed by atoms with Gasteiger partial charge in [0, 0.05) is 13.1 Å². The van der Waals surface area contributed by atoms with Gasteiger partial charge in [0.25, 0.3) is 0 Å². The smallest absolute Gasteiger partial charge is 0.213 e. The Labute approximate surface area is 86.0 Å². The summed E-state index contributed by atoms with van der Waals surface area (Å²) in [6.45, 7) is 6.33. The Bertz CT molecular complexity index is 297. The second kappa shape index (κ2) is 3.79. The minimum atomic E-state index is -3.13. The number of rotatable bonds is 2. The van der Waals surface area contributed by atoms with Crippen molar-refractivity contribution in [3.63, 3.8) is 0 Å². The molecule has 1 aliphatic rings. The lowest BCUT2D eigenvalue weighted by atomic mass is 9.81. The number of aliphatic hydroxyl groups excluding tert-OH is 1. The van der Waals surface area contributed by atoms with Gasteiger partial charge in [0.1, 0.15) is 0 Å².